The third-order valence-corrected chi connectivity index (χ3v) is 5.47. The molecule has 2 heterocycles. The number of hydrogen-bond acceptors (Lipinski definition) is 6. The number of nitrogen functional groups attached to an aromatic ring is 1. The number of likely N-dealkylation sites (tertiary alicyclic amines) is 1. The van der Waals surface area contributed by atoms with Gasteiger partial charge in [0.1, 0.15) is 5.75 Å². The predicted molar refractivity (Wildman–Crippen MR) is 106 cm³/mol. The predicted octanol–water partition coefficient (Wildman–Crippen LogP) is 0.0709. The first-order valence-corrected chi connectivity index (χ1v) is 9.37. The van der Waals surface area contributed by atoms with Crippen molar-refractivity contribution >= 4 is 23.2 Å². The van der Waals surface area contributed by atoms with Crippen LogP contribution in [0.3, 0.4) is 0 Å². The molecule has 152 valence electrons. The molecule has 27 heavy (non-hydrogen) atoms. The summed E-state index contributed by atoms with van der Waals surface area (Å²) in [6.45, 7) is 4.13. The van der Waals surface area contributed by atoms with Crippen molar-refractivity contribution in [2.24, 2.45) is 0 Å². The molecule has 1 fully saturated rings. The Labute approximate surface area is 164 Å². The first-order chi connectivity index (χ1) is 12.5. The number of piperidine rings is 1. The van der Waals surface area contributed by atoms with Gasteiger partial charge in [0.25, 0.3) is 5.91 Å². The minimum Gasteiger partial charge on any atom is -0.492 e. The van der Waals surface area contributed by atoms with Gasteiger partial charge in [-0.2, -0.15) is 0 Å². The Kier molecular flexibility index (Phi) is 7.69. The Morgan fingerprint density at radius 2 is 2.30 bits per heavy atom. The van der Waals surface area contributed by atoms with Gasteiger partial charge in [-0.1, -0.05) is 11.6 Å². The molecule has 0 aromatic heterocycles. The fraction of sp³-hybridized carbons (Fsp3) is 0.611. The lowest BCUT2D eigenvalue weighted by Gasteiger charge is -2.38. The summed E-state index contributed by atoms with van der Waals surface area (Å²) in [6.07, 6.45) is 1.45. The third kappa shape index (κ3) is 4.64. The maximum absolute atomic E-state index is 12.9. The fourth-order valence-electron chi connectivity index (χ4n) is 3.64. The molecule has 1 saturated heterocycles. The zero-order valence-electron chi connectivity index (χ0n) is 15.8. The number of carbonyl (C=O) groups is 1. The number of halogens is 1. The number of ether oxygens (including phenoxy) is 2. The molecule has 0 radical (unpaired) electrons. The first-order valence-electron chi connectivity index (χ1n) is 8.99. The second-order valence-electron chi connectivity index (χ2n) is 6.77. The molecule has 1 amide bonds. The number of hydrogen-bond donors (Lipinski definition) is 3. The number of anilines is 1. The van der Waals surface area contributed by atoms with Crippen molar-refractivity contribution in [1.29, 1.82) is 0 Å². The lowest BCUT2D eigenvalue weighted by atomic mass is 10.00. The van der Waals surface area contributed by atoms with Gasteiger partial charge >= 0.3 is 0 Å². The van der Waals surface area contributed by atoms with Crippen LogP contribution in [0.25, 0.3) is 0 Å². The molecule has 9 heteroatoms. The van der Waals surface area contributed by atoms with E-state index in [2.05, 4.69) is 15.5 Å². The largest absolute Gasteiger partial charge is 0.492 e. The lowest BCUT2D eigenvalue weighted by Crippen LogP contribution is -2.55. The van der Waals surface area contributed by atoms with Crippen molar-refractivity contribution < 1.29 is 19.7 Å². The van der Waals surface area contributed by atoms with E-state index in [-0.39, 0.29) is 23.5 Å². The zero-order valence-corrected chi connectivity index (χ0v) is 16.6. The van der Waals surface area contributed by atoms with E-state index < -0.39 is 0 Å². The number of amides is 1. The van der Waals surface area contributed by atoms with Crippen molar-refractivity contribution in [3.63, 3.8) is 0 Å². The summed E-state index contributed by atoms with van der Waals surface area (Å²) in [5, 5.41) is 6.65. The van der Waals surface area contributed by atoms with E-state index >= 15 is 0 Å². The minimum atomic E-state index is -0.194. The highest BCUT2D eigenvalue weighted by molar-refractivity contribution is 6.33. The topological polar surface area (TPSA) is 120 Å². The summed E-state index contributed by atoms with van der Waals surface area (Å²) < 4.78 is 11.3. The quantitative estimate of drug-likeness (QED) is 0.581. The highest BCUT2D eigenvalue weighted by Crippen LogP contribution is 2.38. The number of nitrogens with two attached hydrogens (primary N) is 1. The van der Waals surface area contributed by atoms with E-state index in [0.717, 1.165) is 38.2 Å². The monoisotopic (exact) mass is 400 g/mol. The second-order valence-corrected chi connectivity index (χ2v) is 7.18. The first kappa shape index (κ1) is 21.7. The lowest BCUT2D eigenvalue weighted by molar-refractivity contribution is 0.00691. The minimum absolute atomic E-state index is 0. The molecule has 8 nitrogen and oxygen atoms in total. The van der Waals surface area contributed by atoms with Crippen LogP contribution in [-0.2, 0) is 11.2 Å². The summed E-state index contributed by atoms with van der Waals surface area (Å²) in [7, 11) is 3.63. The molecule has 6 N–H and O–H groups in total. The van der Waals surface area contributed by atoms with Gasteiger partial charge in [-0.05, 0) is 19.5 Å². The Balaban J connectivity index is 0.00000261. The van der Waals surface area contributed by atoms with Crippen LogP contribution in [0.5, 0.6) is 5.75 Å². The molecule has 3 rings (SSSR count). The average molecular weight is 401 g/mol. The van der Waals surface area contributed by atoms with Crippen LogP contribution in [0, 0.1) is 0 Å². The maximum Gasteiger partial charge on any atom is 0.255 e. The van der Waals surface area contributed by atoms with Crippen LogP contribution >= 0.6 is 11.6 Å². The van der Waals surface area contributed by atoms with Crippen LogP contribution in [-0.4, -0.2) is 75.4 Å². The van der Waals surface area contributed by atoms with Crippen LogP contribution in [0.4, 0.5) is 5.69 Å². The highest BCUT2D eigenvalue weighted by atomic mass is 35.5. The van der Waals surface area contributed by atoms with Gasteiger partial charge in [0, 0.05) is 45.3 Å². The molecule has 0 unspecified atom stereocenters. The summed E-state index contributed by atoms with van der Waals surface area (Å²) in [6, 6.07) is 1.55. The zero-order chi connectivity index (χ0) is 18.7. The van der Waals surface area contributed by atoms with Gasteiger partial charge in [0.2, 0.25) is 0 Å². The van der Waals surface area contributed by atoms with E-state index in [1.807, 2.05) is 7.05 Å². The number of nitrogens with one attached hydrogen (secondary N) is 2. The van der Waals surface area contributed by atoms with Gasteiger partial charge in [0.15, 0.2) is 0 Å². The van der Waals surface area contributed by atoms with Gasteiger partial charge < -0.3 is 31.3 Å². The number of benzene rings is 1. The standard InChI is InChI=1S/C18H27ClN4O3.H2O/c1-21-5-7-23-6-3-14(15(10-23)25-2)22-18(24)12-9-13(19)16(20)11-4-8-26-17(11)12;/h9,14-15,21H,3-8,10,20H2,1-2H3,(H,22,24);1H2/t14-,15+;/m0./s1. The van der Waals surface area contributed by atoms with Crippen molar-refractivity contribution in [3.8, 4) is 5.75 Å². The van der Waals surface area contributed by atoms with Crippen LogP contribution in [0.1, 0.15) is 22.3 Å². The normalized spacial score (nSPS) is 21.9. The molecule has 0 spiro atoms. The molecule has 0 aliphatic carbocycles. The van der Waals surface area contributed by atoms with Gasteiger partial charge in [-0.3, -0.25) is 9.69 Å². The number of nitrogens with zero attached hydrogens (tertiary/aromatic N) is 1. The summed E-state index contributed by atoms with van der Waals surface area (Å²) in [4.78, 5) is 15.2. The van der Waals surface area contributed by atoms with Gasteiger partial charge in [-0.25, -0.2) is 0 Å². The van der Waals surface area contributed by atoms with E-state index in [1.54, 1.807) is 13.2 Å². The Hall–Kier alpha value is -1.58. The molecule has 1 aromatic carbocycles. The summed E-state index contributed by atoms with van der Waals surface area (Å²) in [5.41, 5.74) is 7.79. The van der Waals surface area contributed by atoms with Crippen molar-refractivity contribution in [2.75, 3.05) is 52.7 Å². The number of carbonyl (C=O) groups excluding carboxylic acids is 1. The molecule has 2 atom stereocenters. The molecule has 2 aliphatic heterocycles. The summed E-state index contributed by atoms with van der Waals surface area (Å²) >= 11 is 6.21. The van der Waals surface area contributed by atoms with Gasteiger partial charge in [-0.15, -0.1) is 0 Å². The van der Waals surface area contributed by atoms with E-state index in [9.17, 15) is 4.79 Å². The number of rotatable bonds is 6. The van der Waals surface area contributed by atoms with E-state index in [0.29, 0.717) is 35.1 Å². The number of methoxy groups -OCH3 is 1. The number of fused-ring (bicyclic) bond motifs is 1. The molecule has 2 aliphatic rings. The molecule has 1 aromatic rings. The molecular weight excluding hydrogens is 372 g/mol. The fourth-order valence-corrected chi connectivity index (χ4v) is 3.86. The van der Waals surface area contributed by atoms with Crippen LogP contribution in [0.2, 0.25) is 5.02 Å². The van der Waals surface area contributed by atoms with Crippen molar-refractivity contribution in [3.05, 3.63) is 22.2 Å². The van der Waals surface area contributed by atoms with Gasteiger partial charge in [0.05, 0.1) is 35.0 Å². The van der Waals surface area contributed by atoms with E-state index in [4.69, 9.17) is 26.8 Å². The Morgan fingerprint density at radius 1 is 1.52 bits per heavy atom. The van der Waals surface area contributed by atoms with Crippen LogP contribution in [0.15, 0.2) is 6.07 Å². The molecule has 0 bridgehead atoms. The van der Waals surface area contributed by atoms with Crippen molar-refractivity contribution in [1.82, 2.24) is 15.5 Å². The molecular formula is C18H29ClN4O4. The average Bonchev–Trinajstić information content (AvgIpc) is 3.13. The van der Waals surface area contributed by atoms with E-state index in [1.165, 1.54) is 0 Å². The SMILES string of the molecule is CNCCN1CC[C@H](NC(=O)c2cc(Cl)c(N)c3c2OCC3)[C@H](OC)C1.O. The highest BCUT2D eigenvalue weighted by Gasteiger charge is 2.32. The second kappa shape index (κ2) is 9.57. The molecule has 0 saturated carbocycles. The Bertz CT molecular complexity index is 673. The van der Waals surface area contributed by atoms with Crippen molar-refractivity contribution in [2.45, 2.75) is 25.0 Å². The maximum atomic E-state index is 12.9. The smallest absolute Gasteiger partial charge is 0.255 e. The Morgan fingerprint density at radius 3 is 3.00 bits per heavy atom. The number of likely N-dealkylation sites (N-methyl/N-ethyl adjacent to an activating group) is 1. The summed E-state index contributed by atoms with van der Waals surface area (Å²) in [5.74, 6) is 0.366. The van der Waals surface area contributed by atoms with Crippen LogP contribution < -0.4 is 21.1 Å². The third-order valence-electron chi connectivity index (χ3n) is 5.16.